The molecule has 0 unspecified atom stereocenters. The van der Waals surface area contributed by atoms with Gasteiger partial charge in [0.25, 0.3) is 5.91 Å². The van der Waals surface area contributed by atoms with Gasteiger partial charge in [-0.3, -0.25) is 9.59 Å². The summed E-state index contributed by atoms with van der Waals surface area (Å²) in [6.45, 7) is 4.73. The molecule has 0 radical (unpaired) electrons. The summed E-state index contributed by atoms with van der Waals surface area (Å²) < 4.78 is 18.0. The van der Waals surface area contributed by atoms with Crippen LogP contribution in [0.5, 0.6) is 0 Å². The molecule has 128 valence electrons. The fraction of sp³-hybridized carbons (Fsp3) is 0.375. The lowest BCUT2D eigenvalue weighted by Gasteiger charge is -2.17. The van der Waals surface area contributed by atoms with Gasteiger partial charge in [0.1, 0.15) is 24.0 Å². The number of ether oxygens (including phenoxy) is 1. The highest BCUT2D eigenvalue weighted by Gasteiger charge is 2.22. The Bertz CT molecular complexity index is 684. The van der Waals surface area contributed by atoms with Crippen molar-refractivity contribution in [2.24, 2.45) is 0 Å². The summed E-state index contributed by atoms with van der Waals surface area (Å²) in [7, 11) is 0. The Hall–Kier alpha value is -2.95. The van der Waals surface area contributed by atoms with E-state index < -0.39 is 35.7 Å². The minimum atomic E-state index is -0.940. The molecule has 0 saturated heterocycles. The van der Waals surface area contributed by atoms with Gasteiger partial charge in [-0.2, -0.15) is 5.26 Å². The molecule has 0 aliphatic heterocycles. The first kappa shape index (κ1) is 19.1. The fourth-order valence-electron chi connectivity index (χ4n) is 1.76. The number of nitrogens with zero attached hydrogens (tertiary/aromatic N) is 1. The van der Waals surface area contributed by atoms with Gasteiger partial charge >= 0.3 is 5.97 Å². The van der Waals surface area contributed by atoms with Crippen LogP contribution in [0.2, 0.25) is 0 Å². The summed E-state index contributed by atoms with van der Waals surface area (Å²) >= 11 is 0. The van der Waals surface area contributed by atoms with Crippen molar-refractivity contribution in [3.63, 3.8) is 0 Å². The molecular formula is C16H18FN3O4. The smallest absolute Gasteiger partial charge is 0.328 e. The van der Waals surface area contributed by atoms with Gasteiger partial charge in [0.05, 0.1) is 12.2 Å². The molecule has 24 heavy (non-hydrogen) atoms. The van der Waals surface area contributed by atoms with Gasteiger partial charge in [-0.25, -0.2) is 9.18 Å². The second kappa shape index (κ2) is 8.62. The predicted octanol–water partition coefficient (Wildman–Crippen LogP) is 0.883. The molecule has 1 rings (SSSR count). The monoisotopic (exact) mass is 335 g/mol. The molecule has 7 nitrogen and oxygen atoms in total. The Morgan fingerprint density at radius 2 is 1.92 bits per heavy atom. The Morgan fingerprint density at radius 3 is 2.50 bits per heavy atom. The van der Waals surface area contributed by atoms with Crippen LogP contribution in [0.4, 0.5) is 4.39 Å². The Morgan fingerprint density at radius 1 is 1.25 bits per heavy atom. The van der Waals surface area contributed by atoms with Crippen LogP contribution >= 0.6 is 0 Å². The number of hydrogen-bond acceptors (Lipinski definition) is 5. The first-order chi connectivity index (χ1) is 11.3. The minimum Gasteiger partial charge on any atom is -0.464 e. The van der Waals surface area contributed by atoms with Crippen molar-refractivity contribution in [1.29, 1.82) is 5.26 Å². The van der Waals surface area contributed by atoms with E-state index in [2.05, 4.69) is 10.6 Å². The molecule has 8 heteroatoms. The first-order valence-electron chi connectivity index (χ1n) is 7.27. The maximum atomic E-state index is 13.2. The molecular weight excluding hydrogens is 317 g/mol. The molecule has 2 N–H and O–H groups in total. The van der Waals surface area contributed by atoms with Crippen molar-refractivity contribution in [2.45, 2.75) is 32.9 Å². The number of rotatable bonds is 6. The number of esters is 1. The number of benzene rings is 1. The van der Waals surface area contributed by atoms with Gasteiger partial charge in [-0.15, -0.1) is 0 Å². The second-order valence-corrected chi connectivity index (χ2v) is 4.98. The number of carbonyl (C=O) groups is 3. The third-order valence-electron chi connectivity index (χ3n) is 3.09. The highest BCUT2D eigenvalue weighted by Crippen LogP contribution is 2.09. The van der Waals surface area contributed by atoms with Gasteiger partial charge < -0.3 is 15.4 Å². The average Bonchev–Trinajstić information content (AvgIpc) is 2.55. The summed E-state index contributed by atoms with van der Waals surface area (Å²) in [5.41, 5.74) is -0.221. The molecule has 0 aliphatic rings. The van der Waals surface area contributed by atoms with E-state index in [9.17, 15) is 18.8 Å². The summed E-state index contributed by atoms with van der Waals surface area (Å²) in [6.07, 6.45) is 0. The molecule has 0 aromatic heterocycles. The van der Waals surface area contributed by atoms with Crippen LogP contribution in [0.15, 0.2) is 18.2 Å². The number of hydrogen-bond donors (Lipinski definition) is 2. The number of carbonyl (C=O) groups excluding carboxylic acids is 3. The van der Waals surface area contributed by atoms with Gasteiger partial charge in [0.15, 0.2) is 0 Å². The summed E-state index contributed by atoms with van der Waals surface area (Å²) in [5.74, 6) is -2.53. The van der Waals surface area contributed by atoms with E-state index in [-0.39, 0.29) is 17.7 Å². The lowest BCUT2D eigenvalue weighted by atomic mass is 10.1. The van der Waals surface area contributed by atoms with Crippen LogP contribution in [0.3, 0.4) is 0 Å². The SMILES string of the molecule is CCOC(=O)[C@@H](C)NC(=O)[C@@H](C)NC(=O)c1ccc(F)c(C#N)c1. The van der Waals surface area contributed by atoms with Crippen LogP contribution in [0.1, 0.15) is 36.7 Å². The van der Waals surface area contributed by atoms with E-state index in [0.29, 0.717) is 0 Å². The molecule has 0 bridgehead atoms. The molecule has 2 atom stereocenters. The Kier molecular flexibility index (Phi) is 6.86. The molecule has 1 aromatic rings. The quantitative estimate of drug-likeness (QED) is 0.750. The largest absolute Gasteiger partial charge is 0.464 e. The summed E-state index contributed by atoms with van der Waals surface area (Å²) in [4.78, 5) is 35.5. The zero-order valence-electron chi connectivity index (χ0n) is 13.6. The third-order valence-corrected chi connectivity index (χ3v) is 3.09. The normalized spacial score (nSPS) is 12.5. The maximum Gasteiger partial charge on any atom is 0.328 e. The van der Waals surface area contributed by atoms with Crippen LogP contribution < -0.4 is 10.6 Å². The van der Waals surface area contributed by atoms with Crippen LogP contribution in [-0.4, -0.2) is 36.5 Å². The van der Waals surface area contributed by atoms with Gasteiger partial charge in [0.2, 0.25) is 5.91 Å². The van der Waals surface area contributed by atoms with E-state index in [4.69, 9.17) is 10.00 Å². The van der Waals surface area contributed by atoms with Crippen molar-refractivity contribution in [3.05, 3.63) is 35.1 Å². The first-order valence-corrected chi connectivity index (χ1v) is 7.27. The molecule has 0 spiro atoms. The van der Waals surface area contributed by atoms with Crippen molar-refractivity contribution >= 4 is 17.8 Å². The van der Waals surface area contributed by atoms with Crippen molar-refractivity contribution in [1.82, 2.24) is 10.6 Å². The molecule has 1 aromatic carbocycles. The van der Waals surface area contributed by atoms with E-state index in [1.807, 2.05) is 0 Å². The minimum absolute atomic E-state index is 0.0473. The standard InChI is InChI=1S/C16H18FN3O4/c1-4-24-16(23)10(3)20-14(21)9(2)19-15(22)11-5-6-13(17)12(7-11)8-18/h5-7,9-10H,4H2,1-3H3,(H,19,22)(H,20,21)/t9-,10-/m1/s1. The third kappa shape index (κ3) is 5.05. The zero-order valence-corrected chi connectivity index (χ0v) is 13.6. The van der Waals surface area contributed by atoms with Crippen molar-refractivity contribution in [3.8, 4) is 6.07 Å². The van der Waals surface area contributed by atoms with Gasteiger partial charge in [-0.05, 0) is 39.0 Å². The zero-order chi connectivity index (χ0) is 18.3. The van der Waals surface area contributed by atoms with Crippen molar-refractivity contribution < 1.29 is 23.5 Å². The van der Waals surface area contributed by atoms with Gasteiger partial charge in [0, 0.05) is 5.56 Å². The van der Waals surface area contributed by atoms with E-state index in [0.717, 1.165) is 12.1 Å². The van der Waals surface area contributed by atoms with E-state index in [1.54, 1.807) is 13.0 Å². The summed E-state index contributed by atoms with van der Waals surface area (Å²) in [6, 6.07) is 3.14. The lowest BCUT2D eigenvalue weighted by Crippen LogP contribution is -2.49. The molecule has 0 aliphatic carbocycles. The second-order valence-electron chi connectivity index (χ2n) is 4.98. The Labute approximate surface area is 138 Å². The number of halogens is 1. The van der Waals surface area contributed by atoms with E-state index in [1.165, 1.54) is 19.9 Å². The highest BCUT2D eigenvalue weighted by molar-refractivity contribution is 5.98. The molecule has 0 fully saturated rings. The highest BCUT2D eigenvalue weighted by atomic mass is 19.1. The fourth-order valence-corrected chi connectivity index (χ4v) is 1.76. The molecule has 2 amide bonds. The maximum absolute atomic E-state index is 13.2. The number of amides is 2. The Balaban J connectivity index is 2.68. The van der Waals surface area contributed by atoms with Crippen LogP contribution in [0, 0.1) is 17.1 Å². The van der Waals surface area contributed by atoms with Crippen LogP contribution in [0.25, 0.3) is 0 Å². The average molecular weight is 335 g/mol. The predicted molar refractivity (Wildman–Crippen MR) is 82.3 cm³/mol. The van der Waals surface area contributed by atoms with Crippen molar-refractivity contribution in [2.75, 3.05) is 6.61 Å². The molecule has 0 heterocycles. The number of nitrogens with one attached hydrogen (secondary N) is 2. The summed E-state index contributed by atoms with van der Waals surface area (Å²) in [5, 5.41) is 13.6. The number of nitriles is 1. The molecule has 0 saturated carbocycles. The van der Waals surface area contributed by atoms with Gasteiger partial charge in [-0.1, -0.05) is 0 Å². The van der Waals surface area contributed by atoms with Crippen LogP contribution in [-0.2, 0) is 14.3 Å². The lowest BCUT2D eigenvalue weighted by molar-refractivity contribution is -0.147. The van der Waals surface area contributed by atoms with E-state index >= 15 is 0 Å². The topological polar surface area (TPSA) is 108 Å².